The van der Waals surface area contributed by atoms with Gasteiger partial charge in [-0.15, -0.1) is 0 Å². The first-order valence-corrected chi connectivity index (χ1v) is 9.35. The van der Waals surface area contributed by atoms with E-state index >= 15 is 0 Å². The van der Waals surface area contributed by atoms with Crippen LogP contribution in [0, 0.1) is 0 Å². The first-order valence-electron chi connectivity index (χ1n) is 9.35. The molecule has 2 aliphatic rings. The van der Waals surface area contributed by atoms with E-state index in [-0.39, 0.29) is 6.10 Å². The van der Waals surface area contributed by atoms with Gasteiger partial charge < -0.3 is 10.2 Å². The summed E-state index contributed by atoms with van der Waals surface area (Å²) in [6.45, 7) is 8.67. The average Bonchev–Trinajstić information content (AvgIpc) is 3.15. The van der Waals surface area contributed by atoms with Gasteiger partial charge in [0.1, 0.15) is 0 Å². The van der Waals surface area contributed by atoms with Crippen LogP contribution in [0.25, 0.3) is 0 Å². The Morgan fingerprint density at radius 3 is 2.29 bits per heavy atom. The van der Waals surface area contributed by atoms with Crippen molar-refractivity contribution in [2.75, 3.05) is 26.2 Å². The molecule has 0 radical (unpaired) electrons. The fourth-order valence-corrected chi connectivity index (χ4v) is 3.93. The Morgan fingerprint density at radius 2 is 1.67 bits per heavy atom. The van der Waals surface area contributed by atoms with Crippen LogP contribution in [0.4, 0.5) is 0 Å². The number of aliphatic hydroxyl groups excluding tert-OH is 1. The number of hydrogen-bond donors (Lipinski definition) is 2. The predicted molar refractivity (Wildman–Crippen MR) is 96.9 cm³/mol. The summed E-state index contributed by atoms with van der Waals surface area (Å²) in [5.74, 6) is 0. The molecule has 0 saturated carbocycles. The molecule has 4 nitrogen and oxygen atoms in total. The number of likely N-dealkylation sites (tertiary alicyclic amines) is 2. The third-order valence-corrected chi connectivity index (χ3v) is 5.40. The molecule has 3 rings (SSSR count). The van der Waals surface area contributed by atoms with Crippen molar-refractivity contribution in [2.45, 2.75) is 63.8 Å². The van der Waals surface area contributed by atoms with Crippen LogP contribution in [0.2, 0.25) is 0 Å². The van der Waals surface area contributed by atoms with Gasteiger partial charge in [-0.2, -0.15) is 0 Å². The third-order valence-electron chi connectivity index (χ3n) is 5.40. The third kappa shape index (κ3) is 4.79. The van der Waals surface area contributed by atoms with Crippen molar-refractivity contribution in [1.82, 2.24) is 9.80 Å². The molecule has 2 fully saturated rings. The Bertz CT molecular complexity index is 517. The molecule has 0 amide bonds. The number of aliphatic hydroxyl groups is 2. The van der Waals surface area contributed by atoms with Crippen molar-refractivity contribution < 1.29 is 10.2 Å². The second-order valence-corrected chi connectivity index (χ2v) is 8.20. The zero-order valence-electron chi connectivity index (χ0n) is 15.1. The van der Waals surface area contributed by atoms with E-state index in [4.69, 9.17) is 0 Å². The highest BCUT2D eigenvalue weighted by Gasteiger charge is 2.36. The first-order chi connectivity index (χ1) is 11.4. The van der Waals surface area contributed by atoms with E-state index in [1.54, 1.807) is 0 Å². The molecule has 0 aromatic heterocycles. The van der Waals surface area contributed by atoms with Crippen LogP contribution < -0.4 is 0 Å². The molecule has 0 spiro atoms. The van der Waals surface area contributed by atoms with Crippen LogP contribution in [0.1, 0.15) is 44.2 Å². The fourth-order valence-electron chi connectivity index (χ4n) is 3.93. The Labute approximate surface area is 146 Å². The number of β-amino-alcohol motifs (C(OH)–C–C–N with tert-alkyl or cyclic N) is 1. The van der Waals surface area contributed by atoms with Crippen molar-refractivity contribution >= 4 is 0 Å². The maximum Gasteiger partial charge on any atom is 0.0834 e. The quantitative estimate of drug-likeness (QED) is 0.837. The molecule has 0 aliphatic carbocycles. The van der Waals surface area contributed by atoms with E-state index in [2.05, 4.69) is 34.1 Å². The molecule has 2 aliphatic heterocycles. The predicted octanol–water partition coefficient (Wildman–Crippen LogP) is 2.03. The summed E-state index contributed by atoms with van der Waals surface area (Å²) in [6.07, 6.45) is 4.02. The molecule has 24 heavy (non-hydrogen) atoms. The Morgan fingerprint density at radius 1 is 1.04 bits per heavy atom. The lowest BCUT2D eigenvalue weighted by atomic mass is 9.98. The van der Waals surface area contributed by atoms with Gasteiger partial charge in [0, 0.05) is 25.7 Å². The van der Waals surface area contributed by atoms with Gasteiger partial charge in [0.05, 0.1) is 11.7 Å². The minimum atomic E-state index is -0.602. The second-order valence-electron chi connectivity index (χ2n) is 8.20. The van der Waals surface area contributed by atoms with Crippen molar-refractivity contribution in [2.24, 2.45) is 0 Å². The van der Waals surface area contributed by atoms with Crippen LogP contribution in [0.3, 0.4) is 0 Å². The highest BCUT2D eigenvalue weighted by molar-refractivity contribution is 5.23. The van der Waals surface area contributed by atoms with E-state index < -0.39 is 5.60 Å². The Hall–Kier alpha value is -0.940. The van der Waals surface area contributed by atoms with E-state index in [0.29, 0.717) is 6.04 Å². The lowest BCUT2D eigenvalue weighted by Gasteiger charge is -2.25. The summed E-state index contributed by atoms with van der Waals surface area (Å²) in [5, 5.41) is 20.2. The van der Waals surface area contributed by atoms with Crippen molar-refractivity contribution in [3.63, 3.8) is 0 Å². The van der Waals surface area contributed by atoms with Gasteiger partial charge in [-0.05, 0) is 63.7 Å². The zero-order valence-corrected chi connectivity index (χ0v) is 15.1. The van der Waals surface area contributed by atoms with E-state index in [1.807, 2.05) is 13.8 Å². The van der Waals surface area contributed by atoms with Crippen LogP contribution in [-0.2, 0) is 13.0 Å². The topological polar surface area (TPSA) is 46.9 Å². The minimum Gasteiger partial charge on any atom is -0.390 e. The number of rotatable bonds is 6. The average molecular weight is 332 g/mol. The minimum absolute atomic E-state index is 0.214. The van der Waals surface area contributed by atoms with Crippen LogP contribution in [-0.4, -0.2) is 63.9 Å². The molecule has 0 unspecified atom stereocenters. The van der Waals surface area contributed by atoms with Crippen LogP contribution >= 0.6 is 0 Å². The van der Waals surface area contributed by atoms with E-state index in [9.17, 15) is 10.2 Å². The van der Waals surface area contributed by atoms with Gasteiger partial charge in [0.25, 0.3) is 0 Å². The molecule has 1 aromatic rings. The standard InChI is InChI=1S/C20H32N2O2/c1-20(2,24)10-9-16-5-7-17(8-6-16)13-21-14-18(19(23)15-21)22-11-3-4-12-22/h5-8,18-19,23-24H,3-4,9-15H2,1-2H3/t18-,19-/m0/s1. The lowest BCUT2D eigenvalue weighted by Crippen LogP contribution is -2.41. The summed E-state index contributed by atoms with van der Waals surface area (Å²) >= 11 is 0. The van der Waals surface area contributed by atoms with Gasteiger partial charge in [0.2, 0.25) is 0 Å². The first kappa shape index (κ1) is 17.9. The van der Waals surface area contributed by atoms with Gasteiger partial charge in [-0.25, -0.2) is 0 Å². The number of nitrogens with zero attached hydrogens (tertiary/aromatic N) is 2. The highest BCUT2D eigenvalue weighted by atomic mass is 16.3. The van der Waals surface area contributed by atoms with Crippen LogP contribution in [0.15, 0.2) is 24.3 Å². The second kappa shape index (κ2) is 7.52. The van der Waals surface area contributed by atoms with Crippen LogP contribution in [0.5, 0.6) is 0 Å². The Kier molecular flexibility index (Phi) is 5.60. The van der Waals surface area contributed by atoms with Gasteiger partial charge in [-0.3, -0.25) is 9.80 Å². The van der Waals surface area contributed by atoms with Crippen molar-refractivity contribution in [3.05, 3.63) is 35.4 Å². The molecule has 2 N–H and O–H groups in total. The summed E-state index contributed by atoms with van der Waals surface area (Å²) in [7, 11) is 0. The van der Waals surface area contributed by atoms with Gasteiger partial charge >= 0.3 is 0 Å². The molecule has 1 aromatic carbocycles. The molecular formula is C20H32N2O2. The van der Waals surface area contributed by atoms with Crippen molar-refractivity contribution in [3.8, 4) is 0 Å². The van der Waals surface area contributed by atoms with E-state index in [1.165, 1.54) is 24.0 Å². The molecule has 2 heterocycles. The summed E-state index contributed by atoms with van der Waals surface area (Å²) in [5.41, 5.74) is 1.98. The SMILES string of the molecule is CC(C)(O)CCc1ccc(CN2C[C@H](O)[C@@H](N3CCCC3)C2)cc1. The van der Waals surface area contributed by atoms with Crippen molar-refractivity contribution in [1.29, 1.82) is 0 Å². The lowest BCUT2D eigenvalue weighted by molar-refractivity contribution is 0.0714. The Balaban J connectivity index is 1.51. The highest BCUT2D eigenvalue weighted by Crippen LogP contribution is 2.22. The van der Waals surface area contributed by atoms with Gasteiger partial charge in [-0.1, -0.05) is 24.3 Å². The molecule has 4 heteroatoms. The molecule has 0 bridgehead atoms. The number of aryl methyl sites for hydroxylation is 1. The maximum absolute atomic E-state index is 10.4. The zero-order chi connectivity index (χ0) is 17.2. The summed E-state index contributed by atoms with van der Waals surface area (Å²) in [4.78, 5) is 4.84. The normalized spacial score (nSPS) is 26.3. The van der Waals surface area contributed by atoms with Gasteiger partial charge in [0.15, 0.2) is 0 Å². The number of benzene rings is 1. The summed E-state index contributed by atoms with van der Waals surface area (Å²) in [6, 6.07) is 9.04. The molecule has 2 atom stereocenters. The smallest absolute Gasteiger partial charge is 0.0834 e. The maximum atomic E-state index is 10.4. The summed E-state index contributed by atoms with van der Waals surface area (Å²) < 4.78 is 0. The molecule has 2 saturated heterocycles. The molecular weight excluding hydrogens is 300 g/mol. The number of hydrogen-bond acceptors (Lipinski definition) is 4. The fraction of sp³-hybridized carbons (Fsp3) is 0.700. The monoisotopic (exact) mass is 332 g/mol. The largest absolute Gasteiger partial charge is 0.390 e. The molecule has 134 valence electrons. The van der Waals surface area contributed by atoms with E-state index in [0.717, 1.165) is 45.6 Å².